The van der Waals surface area contributed by atoms with Gasteiger partial charge < -0.3 is 5.32 Å². The highest BCUT2D eigenvalue weighted by Crippen LogP contribution is 2.26. The summed E-state index contributed by atoms with van der Waals surface area (Å²) in [6.07, 6.45) is 0. The smallest absolute Gasteiger partial charge is 0.226 e. The zero-order valence-corrected chi connectivity index (χ0v) is 11.5. The highest BCUT2D eigenvalue weighted by atomic mass is 19.1. The zero-order chi connectivity index (χ0) is 14.8. The van der Waals surface area contributed by atoms with Crippen molar-refractivity contribution in [2.75, 3.05) is 0 Å². The number of halogens is 3. The fourth-order valence-corrected chi connectivity index (χ4v) is 1.40. The first-order valence-corrected chi connectivity index (χ1v) is 6.08. The first-order chi connectivity index (χ1) is 8.66. The summed E-state index contributed by atoms with van der Waals surface area (Å²) in [7, 11) is 0. The van der Waals surface area contributed by atoms with Crippen molar-refractivity contribution >= 4 is 5.91 Å². The molecule has 0 atom stereocenters. The quantitative estimate of drug-likeness (QED) is 0.895. The molecule has 106 valence electrons. The van der Waals surface area contributed by atoms with Gasteiger partial charge in [0.15, 0.2) is 0 Å². The van der Waals surface area contributed by atoms with E-state index in [-0.39, 0.29) is 23.9 Å². The SMILES string of the molecule is CC(C)C(C)(C)C(=O)NCc1c(F)cc(F)cc1F. The summed E-state index contributed by atoms with van der Waals surface area (Å²) in [6.45, 7) is 6.99. The van der Waals surface area contributed by atoms with E-state index >= 15 is 0 Å². The average Bonchev–Trinajstić information content (AvgIpc) is 2.26. The number of rotatable bonds is 4. The van der Waals surface area contributed by atoms with Crippen LogP contribution in [-0.4, -0.2) is 5.91 Å². The normalized spacial score (nSPS) is 11.8. The van der Waals surface area contributed by atoms with Crippen molar-refractivity contribution in [3.8, 4) is 0 Å². The Balaban J connectivity index is 2.81. The van der Waals surface area contributed by atoms with Gasteiger partial charge in [0, 0.05) is 29.7 Å². The van der Waals surface area contributed by atoms with Gasteiger partial charge in [-0.2, -0.15) is 0 Å². The standard InChI is InChI=1S/C14H18F3NO/c1-8(2)14(3,4)13(19)18-7-10-11(16)5-9(15)6-12(10)17/h5-6,8H,7H2,1-4H3,(H,18,19). The second kappa shape index (κ2) is 5.63. The molecule has 0 aliphatic carbocycles. The van der Waals surface area contributed by atoms with Gasteiger partial charge in [-0.1, -0.05) is 27.7 Å². The van der Waals surface area contributed by atoms with E-state index in [1.807, 2.05) is 13.8 Å². The Bertz CT molecular complexity index is 461. The summed E-state index contributed by atoms with van der Waals surface area (Å²) < 4.78 is 39.5. The van der Waals surface area contributed by atoms with E-state index < -0.39 is 22.9 Å². The number of carbonyl (C=O) groups is 1. The van der Waals surface area contributed by atoms with Gasteiger partial charge in [-0.3, -0.25) is 4.79 Å². The van der Waals surface area contributed by atoms with Gasteiger partial charge in [0.2, 0.25) is 5.91 Å². The van der Waals surface area contributed by atoms with Crippen molar-refractivity contribution in [2.24, 2.45) is 11.3 Å². The van der Waals surface area contributed by atoms with E-state index in [2.05, 4.69) is 5.32 Å². The minimum Gasteiger partial charge on any atom is -0.351 e. The summed E-state index contributed by atoms with van der Waals surface area (Å²) in [4.78, 5) is 11.9. The van der Waals surface area contributed by atoms with Gasteiger partial charge in [0.05, 0.1) is 0 Å². The molecule has 0 fully saturated rings. The maximum absolute atomic E-state index is 13.4. The van der Waals surface area contributed by atoms with Crippen LogP contribution in [0.3, 0.4) is 0 Å². The Hall–Kier alpha value is -1.52. The van der Waals surface area contributed by atoms with E-state index in [4.69, 9.17) is 0 Å². The molecule has 1 amide bonds. The third-order valence-corrected chi connectivity index (χ3v) is 3.56. The van der Waals surface area contributed by atoms with E-state index in [0.717, 1.165) is 0 Å². The maximum Gasteiger partial charge on any atom is 0.226 e. The number of nitrogens with one attached hydrogen (secondary N) is 1. The van der Waals surface area contributed by atoms with Gasteiger partial charge in [0.25, 0.3) is 0 Å². The minimum absolute atomic E-state index is 0.0791. The zero-order valence-electron chi connectivity index (χ0n) is 11.5. The van der Waals surface area contributed by atoms with E-state index in [0.29, 0.717) is 12.1 Å². The van der Waals surface area contributed by atoms with Gasteiger partial charge in [0.1, 0.15) is 17.5 Å². The summed E-state index contributed by atoms with van der Waals surface area (Å²) in [5.41, 5.74) is -0.984. The molecule has 0 aliphatic heterocycles. The van der Waals surface area contributed by atoms with Crippen LogP contribution in [0.25, 0.3) is 0 Å². The Morgan fingerprint density at radius 3 is 2.11 bits per heavy atom. The molecular formula is C14H18F3NO. The van der Waals surface area contributed by atoms with Gasteiger partial charge in [-0.05, 0) is 5.92 Å². The van der Waals surface area contributed by atoms with Crippen LogP contribution in [0.15, 0.2) is 12.1 Å². The summed E-state index contributed by atoms with van der Waals surface area (Å²) in [5.74, 6) is -3.20. The molecule has 0 spiro atoms. The molecule has 0 saturated carbocycles. The topological polar surface area (TPSA) is 29.1 Å². The van der Waals surface area contributed by atoms with E-state index in [1.54, 1.807) is 13.8 Å². The van der Waals surface area contributed by atoms with Crippen LogP contribution >= 0.6 is 0 Å². The lowest BCUT2D eigenvalue weighted by atomic mass is 9.80. The molecular weight excluding hydrogens is 255 g/mol. The number of hydrogen-bond donors (Lipinski definition) is 1. The van der Waals surface area contributed by atoms with Crippen molar-refractivity contribution in [2.45, 2.75) is 34.2 Å². The van der Waals surface area contributed by atoms with Crippen LogP contribution in [0, 0.1) is 28.8 Å². The average molecular weight is 273 g/mol. The van der Waals surface area contributed by atoms with Crippen LogP contribution in [0.1, 0.15) is 33.3 Å². The van der Waals surface area contributed by atoms with Crippen molar-refractivity contribution in [1.29, 1.82) is 0 Å². The van der Waals surface area contributed by atoms with Crippen molar-refractivity contribution in [1.82, 2.24) is 5.32 Å². The summed E-state index contributed by atoms with van der Waals surface area (Å²) in [5, 5.41) is 2.48. The molecule has 0 bridgehead atoms. The fraction of sp³-hybridized carbons (Fsp3) is 0.500. The fourth-order valence-electron chi connectivity index (χ4n) is 1.40. The highest BCUT2D eigenvalue weighted by molar-refractivity contribution is 5.82. The van der Waals surface area contributed by atoms with E-state index in [1.165, 1.54) is 0 Å². The maximum atomic E-state index is 13.4. The highest BCUT2D eigenvalue weighted by Gasteiger charge is 2.31. The number of amides is 1. The lowest BCUT2D eigenvalue weighted by Crippen LogP contribution is -2.40. The minimum atomic E-state index is -1.000. The predicted molar refractivity (Wildman–Crippen MR) is 66.8 cm³/mol. The number of carbonyl (C=O) groups excluding carboxylic acids is 1. The van der Waals surface area contributed by atoms with Crippen LogP contribution in [0.2, 0.25) is 0 Å². The summed E-state index contributed by atoms with van der Waals surface area (Å²) >= 11 is 0. The Kier molecular flexibility index (Phi) is 4.61. The van der Waals surface area contributed by atoms with Crippen molar-refractivity contribution in [3.63, 3.8) is 0 Å². The molecule has 0 saturated heterocycles. The van der Waals surface area contributed by atoms with Gasteiger partial charge >= 0.3 is 0 Å². The molecule has 0 aromatic heterocycles. The number of hydrogen-bond acceptors (Lipinski definition) is 1. The lowest BCUT2D eigenvalue weighted by Gasteiger charge is -2.27. The molecule has 1 N–H and O–H groups in total. The van der Waals surface area contributed by atoms with Crippen LogP contribution < -0.4 is 5.32 Å². The van der Waals surface area contributed by atoms with Crippen molar-refractivity contribution in [3.05, 3.63) is 35.1 Å². The van der Waals surface area contributed by atoms with Gasteiger partial charge in [-0.25, -0.2) is 13.2 Å². The molecule has 1 aromatic carbocycles. The molecule has 5 heteroatoms. The summed E-state index contributed by atoms with van der Waals surface area (Å²) in [6, 6.07) is 1.19. The number of benzene rings is 1. The molecule has 0 heterocycles. The second-order valence-corrected chi connectivity index (χ2v) is 5.41. The third kappa shape index (κ3) is 3.49. The van der Waals surface area contributed by atoms with E-state index in [9.17, 15) is 18.0 Å². The predicted octanol–water partition coefficient (Wildman–Crippen LogP) is 3.40. The van der Waals surface area contributed by atoms with Crippen molar-refractivity contribution < 1.29 is 18.0 Å². The lowest BCUT2D eigenvalue weighted by molar-refractivity contribution is -0.131. The molecule has 0 radical (unpaired) electrons. The monoisotopic (exact) mass is 273 g/mol. The van der Waals surface area contributed by atoms with Crippen LogP contribution in [0.5, 0.6) is 0 Å². The van der Waals surface area contributed by atoms with Crippen LogP contribution in [-0.2, 0) is 11.3 Å². The van der Waals surface area contributed by atoms with Gasteiger partial charge in [-0.15, -0.1) is 0 Å². The third-order valence-electron chi connectivity index (χ3n) is 3.56. The molecule has 0 aliphatic rings. The molecule has 1 aromatic rings. The largest absolute Gasteiger partial charge is 0.351 e. The Morgan fingerprint density at radius 1 is 1.21 bits per heavy atom. The first kappa shape index (κ1) is 15.5. The van der Waals surface area contributed by atoms with Crippen LogP contribution in [0.4, 0.5) is 13.2 Å². The first-order valence-electron chi connectivity index (χ1n) is 6.08. The molecule has 2 nitrogen and oxygen atoms in total. The Labute approximate surface area is 111 Å². The Morgan fingerprint density at radius 2 is 1.68 bits per heavy atom. The molecule has 1 rings (SSSR count). The molecule has 19 heavy (non-hydrogen) atoms. The second-order valence-electron chi connectivity index (χ2n) is 5.41. The molecule has 0 unspecified atom stereocenters.